The topological polar surface area (TPSA) is 54.3 Å². The summed E-state index contributed by atoms with van der Waals surface area (Å²) in [6.45, 7) is -0.109. The second kappa shape index (κ2) is 11.0. The number of ketones is 2. The SMILES string of the molecule is CN1C(C(=O)c2ccccc2C(F)(F)F)CNC(Cc2cn(C)c3ccccc23)C1C(=O)c1ccccc1C(F)(F)F. The van der Waals surface area contributed by atoms with Crippen LogP contribution >= 0.6 is 0 Å². The molecular weight excluding hydrogens is 560 g/mol. The highest BCUT2D eigenvalue weighted by molar-refractivity contribution is 6.05. The number of carbonyl (C=O) groups is 2. The molecule has 1 N–H and O–H groups in total. The molecule has 1 aliphatic heterocycles. The molecule has 0 radical (unpaired) electrons. The Labute approximate surface area is 237 Å². The summed E-state index contributed by atoms with van der Waals surface area (Å²) in [4.78, 5) is 28.9. The lowest BCUT2D eigenvalue weighted by atomic mass is 9.85. The summed E-state index contributed by atoms with van der Waals surface area (Å²) < 4.78 is 84.9. The summed E-state index contributed by atoms with van der Waals surface area (Å²) in [6, 6.07) is 13.0. The number of likely N-dealkylation sites (N-methyl/N-ethyl adjacent to an activating group) is 1. The largest absolute Gasteiger partial charge is 0.417 e. The molecule has 5 rings (SSSR count). The van der Waals surface area contributed by atoms with E-state index in [1.54, 1.807) is 0 Å². The van der Waals surface area contributed by atoms with Gasteiger partial charge < -0.3 is 9.88 Å². The Bertz CT molecular complexity index is 1640. The van der Waals surface area contributed by atoms with Gasteiger partial charge in [-0.15, -0.1) is 0 Å². The second-order valence-corrected chi connectivity index (χ2v) is 10.4. The summed E-state index contributed by atoms with van der Waals surface area (Å²) in [7, 11) is 3.25. The van der Waals surface area contributed by atoms with Gasteiger partial charge in [0, 0.05) is 47.9 Å². The van der Waals surface area contributed by atoms with Gasteiger partial charge in [0.05, 0.1) is 23.2 Å². The first-order valence-corrected chi connectivity index (χ1v) is 13.2. The zero-order chi connectivity index (χ0) is 30.4. The van der Waals surface area contributed by atoms with E-state index in [2.05, 4.69) is 5.32 Å². The van der Waals surface area contributed by atoms with Gasteiger partial charge >= 0.3 is 12.4 Å². The fourth-order valence-electron chi connectivity index (χ4n) is 5.88. The third kappa shape index (κ3) is 5.46. The second-order valence-electron chi connectivity index (χ2n) is 10.4. The number of para-hydroxylation sites is 1. The maximum atomic E-state index is 14.0. The lowest BCUT2D eigenvalue weighted by Gasteiger charge is -2.44. The van der Waals surface area contributed by atoms with Crippen molar-refractivity contribution in [1.82, 2.24) is 14.8 Å². The third-order valence-corrected chi connectivity index (χ3v) is 7.87. The summed E-state index contributed by atoms with van der Waals surface area (Å²) in [5, 5.41) is 4.03. The fourth-order valence-corrected chi connectivity index (χ4v) is 5.88. The Morgan fingerprint density at radius 1 is 0.786 bits per heavy atom. The molecule has 220 valence electrons. The van der Waals surface area contributed by atoms with Crippen LogP contribution in [-0.4, -0.2) is 52.8 Å². The van der Waals surface area contributed by atoms with Crippen LogP contribution in [0, 0.1) is 0 Å². The van der Waals surface area contributed by atoms with Gasteiger partial charge in [0.25, 0.3) is 0 Å². The van der Waals surface area contributed by atoms with E-state index in [0.717, 1.165) is 40.7 Å². The number of aryl methyl sites for hydroxylation is 1. The number of carbonyl (C=O) groups excluding carboxylic acids is 2. The van der Waals surface area contributed by atoms with Gasteiger partial charge in [-0.25, -0.2) is 0 Å². The van der Waals surface area contributed by atoms with E-state index in [1.807, 2.05) is 42.1 Å². The molecule has 0 amide bonds. The van der Waals surface area contributed by atoms with E-state index in [4.69, 9.17) is 0 Å². The molecule has 42 heavy (non-hydrogen) atoms. The smallest absolute Gasteiger partial charge is 0.350 e. The van der Waals surface area contributed by atoms with Gasteiger partial charge in [-0.2, -0.15) is 26.3 Å². The van der Waals surface area contributed by atoms with E-state index in [-0.39, 0.29) is 13.0 Å². The number of nitrogens with one attached hydrogen (secondary N) is 1. The number of nitrogens with zero attached hydrogens (tertiary/aromatic N) is 2. The number of rotatable bonds is 6. The Hall–Kier alpha value is -3.96. The maximum absolute atomic E-state index is 14.0. The molecular formula is C31H27F6N3O2. The first-order chi connectivity index (χ1) is 19.8. The van der Waals surface area contributed by atoms with Gasteiger partial charge in [0.15, 0.2) is 11.6 Å². The normalized spacial score (nSPS) is 20.1. The first-order valence-electron chi connectivity index (χ1n) is 13.2. The lowest BCUT2D eigenvalue weighted by molar-refractivity contribution is -0.138. The molecule has 11 heteroatoms. The van der Waals surface area contributed by atoms with Crippen LogP contribution in [0.3, 0.4) is 0 Å². The molecule has 0 aliphatic carbocycles. The van der Waals surface area contributed by atoms with Crippen molar-refractivity contribution >= 4 is 22.5 Å². The van der Waals surface area contributed by atoms with Crippen LogP contribution < -0.4 is 5.32 Å². The highest BCUT2D eigenvalue weighted by atomic mass is 19.4. The van der Waals surface area contributed by atoms with Gasteiger partial charge in [-0.1, -0.05) is 54.6 Å². The van der Waals surface area contributed by atoms with Gasteiger partial charge in [0.1, 0.15) is 0 Å². The van der Waals surface area contributed by atoms with Crippen LogP contribution in [0.4, 0.5) is 26.3 Å². The highest BCUT2D eigenvalue weighted by Gasteiger charge is 2.46. The molecule has 2 heterocycles. The molecule has 0 bridgehead atoms. The Morgan fingerprint density at radius 3 is 1.90 bits per heavy atom. The van der Waals surface area contributed by atoms with E-state index >= 15 is 0 Å². The van der Waals surface area contributed by atoms with Gasteiger partial charge in [-0.05, 0) is 37.2 Å². The van der Waals surface area contributed by atoms with Crippen LogP contribution in [-0.2, 0) is 25.8 Å². The zero-order valence-corrected chi connectivity index (χ0v) is 22.6. The van der Waals surface area contributed by atoms with Crippen molar-refractivity contribution in [3.05, 3.63) is 107 Å². The monoisotopic (exact) mass is 587 g/mol. The minimum absolute atomic E-state index is 0.109. The molecule has 1 saturated heterocycles. The number of alkyl halides is 6. The van der Waals surface area contributed by atoms with Gasteiger partial charge in [-0.3, -0.25) is 14.5 Å². The molecule has 1 aliphatic rings. The Kier molecular flexibility index (Phi) is 7.76. The van der Waals surface area contributed by atoms with Crippen LogP contribution in [0.5, 0.6) is 0 Å². The van der Waals surface area contributed by atoms with Crippen molar-refractivity contribution in [2.45, 2.75) is 36.9 Å². The summed E-state index contributed by atoms with van der Waals surface area (Å²) >= 11 is 0. The lowest BCUT2D eigenvalue weighted by Crippen LogP contribution is -2.66. The summed E-state index contributed by atoms with van der Waals surface area (Å²) in [6.07, 6.45) is -7.53. The van der Waals surface area contributed by atoms with Crippen LogP contribution in [0.15, 0.2) is 79.0 Å². The van der Waals surface area contributed by atoms with E-state index in [9.17, 15) is 35.9 Å². The number of aromatic nitrogens is 1. The quantitative estimate of drug-likeness (QED) is 0.217. The minimum atomic E-state index is -4.82. The number of halogens is 6. The van der Waals surface area contributed by atoms with Crippen molar-refractivity contribution in [2.75, 3.05) is 13.6 Å². The number of benzene rings is 3. The molecule has 3 unspecified atom stereocenters. The van der Waals surface area contributed by atoms with Crippen molar-refractivity contribution in [3.8, 4) is 0 Å². The van der Waals surface area contributed by atoms with Gasteiger partial charge in [0.2, 0.25) is 0 Å². The summed E-state index contributed by atoms with van der Waals surface area (Å²) in [5.74, 6) is -1.77. The maximum Gasteiger partial charge on any atom is 0.417 e. The number of fused-ring (bicyclic) bond motifs is 1. The van der Waals surface area contributed by atoms with Crippen molar-refractivity contribution < 1.29 is 35.9 Å². The third-order valence-electron chi connectivity index (χ3n) is 7.87. The molecule has 5 nitrogen and oxygen atoms in total. The number of Topliss-reactive ketones (excluding diaryl/α,β-unsaturated/α-hetero) is 2. The molecule has 3 atom stereocenters. The predicted octanol–water partition coefficient (Wildman–Crippen LogP) is 6.17. The zero-order valence-electron chi connectivity index (χ0n) is 22.6. The molecule has 4 aromatic rings. The molecule has 0 spiro atoms. The number of hydrogen-bond donors (Lipinski definition) is 1. The number of hydrogen-bond acceptors (Lipinski definition) is 4. The average molecular weight is 588 g/mol. The van der Waals surface area contributed by atoms with E-state index < -0.39 is 64.3 Å². The standard InChI is InChI=1S/C31H27F6N3O2/c1-39-17-18(19-9-5-8-14-25(19)39)15-24-27(29(42)21-11-4-7-13-23(21)31(35,36)37)40(2)26(16-38-24)28(41)20-10-3-6-12-22(20)30(32,33)34/h3-14,17,24,26-27,38H,15-16H2,1-2H3. The number of piperazine rings is 1. The molecule has 3 aromatic carbocycles. The molecule has 1 aromatic heterocycles. The summed E-state index contributed by atoms with van der Waals surface area (Å²) in [5.41, 5.74) is -1.64. The Morgan fingerprint density at radius 2 is 1.31 bits per heavy atom. The van der Waals surface area contributed by atoms with Crippen molar-refractivity contribution in [3.63, 3.8) is 0 Å². The highest BCUT2D eigenvalue weighted by Crippen LogP contribution is 2.36. The first kappa shape index (κ1) is 29.5. The molecule has 0 saturated carbocycles. The van der Waals surface area contributed by atoms with Crippen LogP contribution in [0.1, 0.15) is 37.4 Å². The average Bonchev–Trinajstić information content (AvgIpc) is 3.26. The minimum Gasteiger partial charge on any atom is -0.350 e. The van der Waals surface area contributed by atoms with Crippen LogP contribution in [0.2, 0.25) is 0 Å². The fraction of sp³-hybridized carbons (Fsp3) is 0.290. The predicted molar refractivity (Wildman–Crippen MR) is 145 cm³/mol. The van der Waals surface area contributed by atoms with E-state index in [0.29, 0.717) is 0 Å². The van der Waals surface area contributed by atoms with Crippen LogP contribution in [0.25, 0.3) is 10.9 Å². The van der Waals surface area contributed by atoms with Crippen molar-refractivity contribution in [1.29, 1.82) is 0 Å². The molecule has 1 fully saturated rings. The van der Waals surface area contributed by atoms with Crippen molar-refractivity contribution in [2.24, 2.45) is 7.05 Å². The van der Waals surface area contributed by atoms with E-state index in [1.165, 1.54) is 36.2 Å². The Balaban J connectivity index is 1.57.